The third-order valence-electron chi connectivity index (χ3n) is 3.07. The third-order valence-corrected chi connectivity index (χ3v) is 6.32. The lowest BCUT2D eigenvalue weighted by Gasteiger charge is -2.15. The van der Waals surface area contributed by atoms with E-state index in [0.717, 1.165) is 17.9 Å². The van der Waals surface area contributed by atoms with Gasteiger partial charge in [0.05, 0.1) is 21.4 Å². The maximum Gasteiger partial charge on any atom is 0.161 e. The molecule has 1 aromatic rings. The van der Waals surface area contributed by atoms with Gasteiger partial charge < -0.3 is 14.0 Å². The van der Waals surface area contributed by atoms with Gasteiger partial charge in [0.2, 0.25) is 0 Å². The minimum absolute atomic E-state index is 0.639. The molecule has 0 N–H and O–H groups in total. The highest BCUT2D eigenvalue weighted by Crippen LogP contribution is 2.48. The van der Waals surface area contributed by atoms with Crippen molar-refractivity contribution in [2.75, 3.05) is 26.5 Å². The highest BCUT2D eigenvalue weighted by atomic mass is 31.2. The largest absolute Gasteiger partial charge is 0.493 e. The van der Waals surface area contributed by atoms with Crippen LogP contribution in [0.25, 0.3) is 0 Å². The van der Waals surface area contributed by atoms with E-state index in [1.807, 2.05) is 32.0 Å². The van der Waals surface area contributed by atoms with Crippen molar-refractivity contribution >= 4 is 7.14 Å². The van der Waals surface area contributed by atoms with E-state index >= 15 is 0 Å². The van der Waals surface area contributed by atoms with Crippen LogP contribution in [0.1, 0.15) is 19.4 Å². The molecular formula is C13H21O3P. The van der Waals surface area contributed by atoms with Gasteiger partial charge in [-0.3, -0.25) is 0 Å². The maximum absolute atomic E-state index is 12.4. The lowest BCUT2D eigenvalue weighted by molar-refractivity contribution is 0.354. The summed E-state index contributed by atoms with van der Waals surface area (Å²) < 4.78 is 22.8. The Kier molecular flexibility index (Phi) is 5.07. The van der Waals surface area contributed by atoms with Crippen molar-refractivity contribution in [2.45, 2.75) is 20.0 Å². The quantitative estimate of drug-likeness (QED) is 0.729. The van der Waals surface area contributed by atoms with E-state index in [0.29, 0.717) is 17.7 Å². The number of ether oxygens (including phenoxy) is 2. The Balaban J connectivity index is 2.97. The molecule has 0 aliphatic carbocycles. The first-order valence-corrected chi connectivity index (χ1v) is 8.12. The Labute approximate surface area is 104 Å². The average Bonchev–Trinajstić information content (AvgIpc) is 2.38. The molecule has 0 spiro atoms. The van der Waals surface area contributed by atoms with Crippen LogP contribution in [0.15, 0.2) is 18.2 Å². The van der Waals surface area contributed by atoms with Crippen LogP contribution in [-0.4, -0.2) is 26.5 Å². The minimum atomic E-state index is -2.05. The van der Waals surface area contributed by atoms with Crippen LogP contribution in [0, 0.1) is 0 Å². The summed E-state index contributed by atoms with van der Waals surface area (Å²) in [5.74, 6) is 1.41. The zero-order chi connectivity index (χ0) is 12.9. The Morgan fingerprint density at radius 2 is 1.65 bits per heavy atom. The van der Waals surface area contributed by atoms with Crippen molar-refractivity contribution in [3.05, 3.63) is 23.8 Å². The monoisotopic (exact) mass is 256 g/mol. The van der Waals surface area contributed by atoms with Crippen LogP contribution in [0.5, 0.6) is 11.5 Å². The smallest absolute Gasteiger partial charge is 0.161 e. The molecule has 0 radical (unpaired) electrons. The van der Waals surface area contributed by atoms with Crippen molar-refractivity contribution in [2.24, 2.45) is 0 Å². The Hall–Kier alpha value is -0.950. The first kappa shape index (κ1) is 14.1. The molecule has 0 saturated carbocycles. The summed E-state index contributed by atoms with van der Waals surface area (Å²) in [5.41, 5.74) is 1.05. The zero-order valence-electron chi connectivity index (χ0n) is 11.0. The molecule has 0 amide bonds. The summed E-state index contributed by atoms with van der Waals surface area (Å²) in [7, 11) is 1.17. The molecule has 0 aliphatic heterocycles. The molecule has 0 bridgehead atoms. The van der Waals surface area contributed by atoms with Crippen molar-refractivity contribution in [3.63, 3.8) is 0 Å². The van der Waals surface area contributed by atoms with Gasteiger partial charge in [0, 0.05) is 6.16 Å². The number of rotatable bonds is 6. The van der Waals surface area contributed by atoms with E-state index in [1.54, 1.807) is 14.2 Å². The predicted molar refractivity (Wildman–Crippen MR) is 71.9 cm³/mol. The van der Waals surface area contributed by atoms with Gasteiger partial charge in [0.15, 0.2) is 11.5 Å². The van der Waals surface area contributed by atoms with Gasteiger partial charge in [-0.2, -0.15) is 0 Å². The standard InChI is InChI=1S/C13H21O3P/c1-5-17(14,6-2)10-11-7-8-12(15-3)13(9-11)16-4/h7-9H,5-6,10H2,1-4H3. The second kappa shape index (κ2) is 6.11. The molecule has 3 nitrogen and oxygen atoms in total. The molecule has 1 rings (SSSR count). The molecule has 0 atom stereocenters. The molecule has 0 aliphatic rings. The SMILES string of the molecule is CCP(=O)(CC)Cc1ccc(OC)c(OC)c1. The van der Waals surface area contributed by atoms with Gasteiger partial charge in [-0.15, -0.1) is 0 Å². The fraction of sp³-hybridized carbons (Fsp3) is 0.538. The summed E-state index contributed by atoms with van der Waals surface area (Å²) in [6, 6.07) is 5.74. The van der Waals surface area contributed by atoms with E-state index in [4.69, 9.17) is 9.47 Å². The van der Waals surface area contributed by atoms with Gasteiger partial charge in [0.25, 0.3) is 0 Å². The van der Waals surface area contributed by atoms with Crippen LogP contribution >= 0.6 is 7.14 Å². The molecule has 1 aromatic carbocycles. The van der Waals surface area contributed by atoms with E-state index < -0.39 is 7.14 Å². The fourth-order valence-electron chi connectivity index (χ4n) is 1.76. The third kappa shape index (κ3) is 3.50. The molecule has 4 heteroatoms. The highest BCUT2D eigenvalue weighted by Gasteiger charge is 2.18. The van der Waals surface area contributed by atoms with Crippen molar-refractivity contribution in [1.29, 1.82) is 0 Å². The average molecular weight is 256 g/mol. The second-order valence-electron chi connectivity index (χ2n) is 4.04. The number of methoxy groups -OCH3 is 2. The zero-order valence-corrected chi connectivity index (χ0v) is 11.9. The van der Waals surface area contributed by atoms with Crippen molar-refractivity contribution in [3.8, 4) is 11.5 Å². The van der Waals surface area contributed by atoms with E-state index in [2.05, 4.69) is 0 Å². The predicted octanol–water partition coefficient (Wildman–Crippen LogP) is 3.61. The van der Waals surface area contributed by atoms with Crippen LogP contribution in [0.3, 0.4) is 0 Å². The Bertz CT molecular complexity index is 407. The van der Waals surface area contributed by atoms with Crippen LogP contribution in [-0.2, 0) is 10.7 Å². The summed E-state index contributed by atoms with van der Waals surface area (Å²) >= 11 is 0. The van der Waals surface area contributed by atoms with Gasteiger partial charge >= 0.3 is 0 Å². The number of hydrogen-bond donors (Lipinski definition) is 0. The van der Waals surface area contributed by atoms with E-state index in [9.17, 15) is 4.57 Å². The van der Waals surface area contributed by atoms with Gasteiger partial charge in [-0.1, -0.05) is 19.9 Å². The van der Waals surface area contributed by atoms with E-state index in [-0.39, 0.29) is 0 Å². The van der Waals surface area contributed by atoms with Gasteiger partial charge in [-0.05, 0) is 30.0 Å². The molecule has 0 fully saturated rings. The van der Waals surface area contributed by atoms with E-state index in [1.165, 1.54) is 0 Å². The summed E-state index contributed by atoms with van der Waals surface area (Å²) in [6.07, 6.45) is 2.13. The normalized spacial score (nSPS) is 11.3. The molecule has 0 saturated heterocycles. The van der Waals surface area contributed by atoms with Crippen LogP contribution in [0.2, 0.25) is 0 Å². The summed E-state index contributed by atoms with van der Waals surface area (Å²) in [6.45, 7) is 3.98. The number of benzene rings is 1. The van der Waals surface area contributed by atoms with Crippen LogP contribution in [0.4, 0.5) is 0 Å². The van der Waals surface area contributed by atoms with Gasteiger partial charge in [0.1, 0.15) is 0 Å². The molecule has 96 valence electrons. The lowest BCUT2D eigenvalue weighted by Crippen LogP contribution is -1.96. The topological polar surface area (TPSA) is 35.5 Å². The molecule has 0 unspecified atom stereocenters. The molecule has 0 heterocycles. The van der Waals surface area contributed by atoms with Crippen molar-refractivity contribution in [1.82, 2.24) is 0 Å². The maximum atomic E-state index is 12.4. The first-order chi connectivity index (χ1) is 8.08. The van der Waals surface area contributed by atoms with Crippen LogP contribution < -0.4 is 9.47 Å². The first-order valence-electron chi connectivity index (χ1n) is 5.86. The highest BCUT2D eigenvalue weighted by molar-refractivity contribution is 7.63. The van der Waals surface area contributed by atoms with Crippen molar-refractivity contribution < 1.29 is 14.0 Å². The fourth-order valence-corrected chi connectivity index (χ4v) is 3.52. The van der Waals surface area contributed by atoms with Gasteiger partial charge in [-0.25, -0.2) is 0 Å². The molecule has 0 aromatic heterocycles. The lowest BCUT2D eigenvalue weighted by atomic mass is 10.2. The minimum Gasteiger partial charge on any atom is -0.493 e. The number of hydrogen-bond acceptors (Lipinski definition) is 3. The second-order valence-corrected chi connectivity index (χ2v) is 7.74. The molecule has 17 heavy (non-hydrogen) atoms. The summed E-state index contributed by atoms with van der Waals surface area (Å²) in [5, 5.41) is 0. The Morgan fingerprint density at radius 1 is 1.06 bits per heavy atom. The Morgan fingerprint density at radius 3 is 2.12 bits per heavy atom. The molecular weight excluding hydrogens is 235 g/mol. The summed E-state index contributed by atoms with van der Waals surface area (Å²) in [4.78, 5) is 0.